The lowest BCUT2D eigenvalue weighted by molar-refractivity contribution is -0.117. The van der Waals surface area contributed by atoms with Crippen LogP contribution in [0.2, 0.25) is 5.02 Å². The van der Waals surface area contributed by atoms with Gasteiger partial charge in [-0.05, 0) is 36.5 Å². The summed E-state index contributed by atoms with van der Waals surface area (Å²) in [6.45, 7) is 7.64. The molecule has 2 N–H and O–H groups in total. The van der Waals surface area contributed by atoms with E-state index in [1.807, 2.05) is 13.8 Å². The van der Waals surface area contributed by atoms with Crippen molar-refractivity contribution in [1.82, 2.24) is 20.1 Å². The van der Waals surface area contributed by atoms with Gasteiger partial charge in [0.25, 0.3) is 5.56 Å². The number of benzene rings is 1. The molecule has 1 aliphatic rings. The lowest BCUT2D eigenvalue weighted by atomic mass is 9.86. The number of aromatic amines is 1. The Labute approximate surface area is 182 Å². The number of allylic oxidation sites excluding steroid dienone is 1. The van der Waals surface area contributed by atoms with Crippen LogP contribution in [0.15, 0.2) is 39.6 Å². The SMILES string of the molecule is C=C(/C=C(\C(=O)NC)C(C)C)Oc1c(Cl)cc(-n2nc(C#N)c(=O)[nH]c2=O)c2c1CC2. The minimum atomic E-state index is -0.853. The van der Waals surface area contributed by atoms with Gasteiger partial charge in [-0.3, -0.25) is 14.6 Å². The lowest BCUT2D eigenvalue weighted by Gasteiger charge is -2.26. The van der Waals surface area contributed by atoms with Crippen LogP contribution in [0, 0.1) is 17.2 Å². The van der Waals surface area contributed by atoms with Crippen molar-refractivity contribution in [1.29, 1.82) is 5.26 Å². The van der Waals surface area contributed by atoms with E-state index >= 15 is 0 Å². The van der Waals surface area contributed by atoms with Gasteiger partial charge in [0.15, 0.2) is 0 Å². The number of aromatic nitrogens is 3. The van der Waals surface area contributed by atoms with E-state index in [0.29, 0.717) is 29.9 Å². The highest BCUT2D eigenvalue weighted by atomic mass is 35.5. The van der Waals surface area contributed by atoms with Crippen molar-refractivity contribution in [3.63, 3.8) is 0 Å². The quantitative estimate of drug-likeness (QED) is 0.399. The Balaban J connectivity index is 2.03. The monoisotopic (exact) mass is 441 g/mol. The summed E-state index contributed by atoms with van der Waals surface area (Å²) in [5.41, 5.74) is 0.339. The number of carbonyl (C=O) groups is 1. The van der Waals surface area contributed by atoms with Gasteiger partial charge in [0.1, 0.15) is 17.6 Å². The number of fused-ring (bicyclic) bond motifs is 1. The minimum absolute atomic E-state index is 0.0476. The first kappa shape index (κ1) is 22.1. The molecule has 0 atom stereocenters. The predicted octanol–water partition coefficient (Wildman–Crippen LogP) is 1.77. The van der Waals surface area contributed by atoms with Crippen LogP contribution >= 0.6 is 11.6 Å². The molecule has 1 heterocycles. The third kappa shape index (κ3) is 4.15. The van der Waals surface area contributed by atoms with E-state index in [1.54, 1.807) is 19.2 Å². The fraction of sp³-hybridized carbons (Fsp3) is 0.286. The van der Waals surface area contributed by atoms with Crippen LogP contribution in [-0.4, -0.2) is 27.7 Å². The summed E-state index contributed by atoms with van der Waals surface area (Å²) < 4.78 is 6.82. The van der Waals surface area contributed by atoms with Crippen molar-refractivity contribution >= 4 is 17.5 Å². The Morgan fingerprint density at radius 3 is 2.65 bits per heavy atom. The standard InChI is InChI=1S/C21H20ClN5O4/c1-10(2)14(19(28)24-4)7-11(3)31-18-13-6-5-12(13)17(8-15(18)22)27-21(30)25-20(29)16(9-23)26-27/h7-8,10H,3,5-6H2,1-2,4H3,(H,24,28)(H,25,29,30)/b14-7-. The summed E-state index contributed by atoms with van der Waals surface area (Å²) in [5.74, 6) is 0.340. The highest BCUT2D eigenvalue weighted by Gasteiger charge is 2.27. The third-order valence-corrected chi connectivity index (χ3v) is 5.16. The molecule has 1 aromatic heterocycles. The number of nitrogens with one attached hydrogen (secondary N) is 2. The van der Waals surface area contributed by atoms with Crippen molar-refractivity contribution in [2.45, 2.75) is 26.7 Å². The number of hydrogen-bond acceptors (Lipinski definition) is 6. The number of rotatable bonds is 6. The maximum Gasteiger partial charge on any atom is 0.349 e. The number of amides is 1. The Kier molecular flexibility index (Phi) is 6.13. The molecule has 0 fully saturated rings. The highest BCUT2D eigenvalue weighted by molar-refractivity contribution is 6.32. The number of likely N-dealkylation sites (N-methyl/N-ethyl adjacent to an activating group) is 1. The largest absolute Gasteiger partial charge is 0.456 e. The number of nitrogens with zero attached hydrogens (tertiary/aromatic N) is 3. The van der Waals surface area contributed by atoms with Gasteiger partial charge >= 0.3 is 5.69 Å². The Morgan fingerprint density at radius 2 is 2.10 bits per heavy atom. The second kappa shape index (κ2) is 8.62. The average Bonchev–Trinajstić information content (AvgIpc) is 2.68. The molecule has 1 aliphatic carbocycles. The van der Waals surface area contributed by atoms with E-state index < -0.39 is 16.9 Å². The zero-order valence-electron chi connectivity index (χ0n) is 17.2. The van der Waals surface area contributed by atoms with Crippen molar-refractivity contribution in [2.24, 2.45) is 5.92 Å². The van der Waals surface area contributed by atoms with Crippen molar-refractivity contribution in [2.75, 3.05) is 7.05 Å². The van der Waals surface area contributed by atoms with Gasteiger partial charge in [0.05, 0.1) is 10.7 Å². The molecule has 0 spiro atoms. The average molecular weight is 442 g/mol. The molecule has 9 nitrogen and oxygen atoms in total. The molecule has 160 valence electrons. The molecular weight excluding hydrogens is 422 g/mol. The van der Waals surface area contributed by atoms with Gasteiger partial charge in [0, 0.05) is 18.2 Å². The zero-order valence-corrected chi connectivity index (χ0v) is 18.0. The number of carbonyl (C=O) groups excluding carboxylic acids is 1. The number of hydrogen-bond donors (Lipinski definition) is 2. The van der Waals surface area contributed by atoms with Crippen LogP contribution < -0.4 is 21.3 Å². The molecule has 0 radical (unpaired) electrons. The van der Waals surface area contributed by atoms with Crippen LogP contribution in [0.25, 0.3) is 5.69 Å². The molecule has 31 heavy (non-hydrogen) atoms. The van der Waals surface area contributed by atoms with Crippen LogP contribution in [0.4, 0.5) is 0 Å². The summed E-state index contributed by atoms with van der Waals surface area (Å²) >= 11 is 6.43. The second-order valence-corrected chi connectivity index (χ2v) is 7.60. The number of H-pyrrole nitrogens is 1. The predicted molar refractivity (Wildman–Crippen MR) is 114 cm³/mol. The smallest absolute Gasteiger partial charge is 0.349 e. The summed E-state index contributed by atoms with van der Waals surface area (Å²) in [6.07, 6.45) is 2.84. The molecule has 10 heteroatoms. The van der Waals surface area contributed by atoms with Crippen molar-refractivity contribution in [3.8, 4) is 17.5 Å². The molecular formula is C21H20ClN5O4. The van der Waals surface area contributed by atoms with E-state index in [1.165, 1.54) is 6.07 Å². The van der Waals surface area contributed by atoms with Crippen molar-refractivity contribution < 1.29 is 9.53 Å². The number of halogens is 1. The van der Waals surface area contributed by atoms with Crippen LogP contribution in [-0.2, 0) is 17.6 Å². The van der Waals surface area contributed by atoms with E-state index in [-0.39, 0.29) is 22.6 Å². The Morgan fingerprint density at radius 1 is 1.42 bits per heavy atom. The van der Waals surface area contributed by atoms with E-state index in [0.717, 1.165) is 15.8 Å². The van der Waals surface area contributed by atoms with Gasteiger partial charge in [-0.15, -0.1) is 5.10 Å². The first-order valence-corrected chi connectivity index (χ1v) is 9.84. The molecule has 0 unspecified atom stereocenters. The first-order chi connectivity index (χ1) is 14.7. The molecule has 0 saturated carbocycles. The van der Waals surface area contributed by atoms with Crippen molar-refractivity contribution in [3.05, 3.63) is 72.7 Å². The summed E-state index contributed by atoms with van der Waals surface area (Å²) in [7, 11) is 1.55. The van der Waals surface area contributed by atoms with Gasteiger partial charge in [0.2, 0.25) is 11.6 Å². The fourth-order valence-corrected chi connectivity index (χ4v) is 3.49. The highest BCUT2D eigenvalue weighted by Crippen LogP contribution is 2.42. The molecule has 3 rings (SSSR count). The molecule has 0 bridgehead atoms. The van der Waals surface area contributed by atoms with Crippen LogP contribution in [0.3, 0.4) is 0 Å². The maximum absolute atomic E-state index is 12.2. The van der Waals surface area contributed by atoms with E-state index in [2.05, 4.69) is 22.0 Å². The second-order valence-electron chi connectivity index (χ2n) is 7.20. The van der Waals surface area contributed by atoms with Gasteiger partial charge in [-0.1, -0.05) is 32.0 Å². The Hall–Kier alpha value is -3.64. The molecule has 1 aromatic carbocycles. The molecule has 0 aliphatic heterocycles. The fourth-order valence-electron chi connectivity index (χ4n) is 3.23. The van der Waals surface area contributed by atoms with Crippen LogP contribution in [0.1, 0.15) is 30.7 Å². The first-order valence-electron chi connectivity index (χ1n) is 9.46. The van der Waals surface area contributed by atoms with E-state index in [9.17, 15) is 14.4 Å². The Bertz CT molecular complexity index is 1280. The molecule has 1 amide bonds. The minimum Gasteiger partial charge on any atom is -0.456 e. The normalized spacial score (nSPS) is 12.6. The zero-order chi connectivity index (χ0) is 22.9. The molecule has 0 saturated heterocycles. The van der Waals surface area contributed by atoms with Gasteiger partial charge in [-0.2, -0.15) is 9.94 Å². The van der Waals surface area contributed by atoms with Gasteiger partial charge in [-0.25, -0.2) is 4.79 Å². The summed E-state index contributed by atoms with van der Waals surface area (Å²) in [4.78, 5) is 38.0. The number of ether oxygens (including phenoxy) is 1. The third-order valence-electron chi connectivity index (χ3n) is 4.88. The molecule has 2 aromatic rings. The van der Waals surface area contributed by atoms with Gasteiger partial charge < -0.3 is 10.1 Å². The van der Waals surface area contributed by atoms with E-state index in [4.69, 9.17) is 21.6 Å². The number of nitriles is 1. The lowest BCUT2D eigenvalue weighted by Crippen LogP contribution is -2.34. The summed E-state index contributed by atoms with van der Waals surface area (Å²) in [5, 5.41) is 15.7. The maximum atomic E-state index is 12.2. The topological polar surface area (TPSA) is 130 Å². The summed E-state index contributed by atoms with van der Waals surface area (Å²) in [6, 6.07) is 3.14. The van der Waals surface area contributed by atoms with Crippen LogP contribution in [0.5, 0.6) is 5.75 Å².